The average Bonchev–Trinajstić information content (AvgIpc) is 2.63. The van der Waals surface area contributed by atoms with Crippen LogP contribution in [0.3, 0.4) is 0 Å². The molecule has 0 saturated carbocycles. The number of hydrogen-bond acceptors (Lipinski definition) is 3. The minimum atomic E-state index is -0.130. The summed E-state index contributed by atoms with van der Waals surface area (Å²) in [5.41, 5.74) is 8.67. The summed E-state index contributed by atoms with van der Waals surface area (Å²) in [6.07, 6.45) is 0. The van der Waals surface area contributed by atoms with Crippen molar-refractivity contribution in [1.82, 2.24) is 5.32 Å². The van der Waals surface area contributed by atoms with E-state index in [-0.39, 0.29) is 5.91 Å². The molecule has 0 radical (unpaired) electrons. The average molecular weight is 260 g/mol. The van der Waals surface area contributed by atoms with Gasteiger partial charge in [-0.2, -0.15) is 0 Å². The number of thiophene rings is 1. The molecule has 3 nitrogen and oxygen atoms in total. The molecular formula is C14H16N2OS. The molecule has 2 aromatic rings. The van der Waals surface area contributed by atoms with Crippen molar-refractivity contribution in [2.75, 3.05) is 12.3 Å². The Bertz CT molecular complexity index is 628. The van der Waals surface area contributed by atoms with E-state index in [0.29, 0.717) is 17.1 Å². The largest absolute Gasteiger partial charge is 0.397 e. The maximum Gasteiger partial charge on any atom is 0.263 e. The third kappa shape index (κ3) is 2.38. The summed E-state index contributed by atoms with van der Waals surface area (Å²) in [7, 11) is 0. The highest BCUT2D eigenvalue weighted by Crippen LogP contribution is 2.34. The Morgan fingerprint density at radius 3 is 2.89 bits per heavy atom. The summed E-state index contributed by atoms with van der Waals surface area (Å²) < 4.78 is 1.05. The van der Waals surface area contributed by atoms with Crippen LogP contribution < -0.4 is 11.1 Å². The van der Waals surface area contributed by atoms with Crippen LogP contribution in [0.1, 0.15) is 22.2 Å². The van der Waals surface area contributed by atoms with Crippen LogP contribution in [-0.4, -0.2) is 12.5 Å². The van der Waals surface area contributed by atoms with E-state index in [2.05, 4.69) is 11.9 Å². The first kappa shape index (κ1) is 12.6. The highest BCUT2D eigenvalue weighted by atomic mass is 32.1. The summed E-state index contributed by atoms with van der Waals surface area (Å²) >= 11 is 1.43. The van der Waals surface area contributed by atoms with Crippen molar-refractivity contribution in [3.63, 3.8) is 0 Å². The zero-order valence-corrected chi connectivity index (χ0v) is 11.4. The fraction of sp³-hybridized carbons (Fsp3) is 0.214. The van der Waals surface area contributed by atoms with Gasteiger partial charge in [0, 0.05) is 16.6 Å². The van der Waals surface area contributed by atoms with Crippen molar-refractivity contribution in [3.8, 4) is 0 Å². The van der Waals surface area contributed by atoms with Gasteiger partial charge in [0.25, 0.3) is 5.91 Å². The standard InChI is InChI=1S/C14H16N2OS/c1-8(2)7-16-14(17)13-12(15)10-5-4-9(3)6-11(10)18-13/h4-6H,1,7,15H2,2-3H3,(H,16,17). The molecule has 0 unspecified atom stereocenters. The van der Waals surface area contributed by atoms with Gasteiger partial charge in [0.1, 0.15) is 4.88 Å². The van der Waals surface area contributed by atoms with Crippen LogP contribution in [0.4, 0.5) is 5.69 Å². The first-order chi connectivity index (χ1) is 8.49. The van der Waals surface area contributed by atoms with Gasteiger partial charge in [-0.05, 0) is 25.5 Å². The monoisotopic (exact) mass is 260 g/mol. The maximum atomic E-state index is 12.0. The Hall–Kier alpha value is -1.81. The molecule has 0 bridgehead atoms. The smallest absolute Gasteiger partial charge is 0.263 e. The van der Waals surface area contributed by atoms with E-state index in [1.165, 1.54) is 11.3 Å². The molecule has 1 heterocycles. The van der Waals surface area contributed by atoms with E-state index in [4.69, 9.17) is 5.73 Å². The van der Waals surface area contributed by atoms with Gasteiger partial charge in [0.05, 0.1) is 5.69 Å². The zero-order valence-electron chi connectivity index (χ0n) is 10.5. The summed E-state index contributed by atoms with van der Waals surface area (Å²) in [6, 6.07) is 6.01. The van der Waals surface area contributed by atoms with Gasteiger partial charge >= 0.3 is 0 Å². The Labute approximate surface area is 110 Å². The fourth-order valence-corrected chi connectivity index (χ4v) is 2.84. The molecule has 0 saturated heterocycles. The molecule has 0 spiro atoms. The molecule has 1 aromatic heterocycles. The first-order valence-electron chi connectivity index (χ1n) is 5.70. The number of carbonyl (C=O) groups is 1. The minimum Gasteiger partial charge on any atom is -0.397 e. The molecule has 0 aliphatic rings. The second-order valence-corrected chi connectivity index (χ2v) is 5.54. The number of nitrogens with one attached hydrogen (secondary N) is 1. The lowest BCUT2D eigenvalue weighted by molar-refractivity contribution is 0.0962. The predicted molar refractivity (Wildman–Crippen MR) is 78.1 cm³/mol. The summed E-state index contributed by atoms with van der Waals surface area (Å²) in [5, 5.41) is 3.76. The van der Waals surface area contributed by atoms with Gasteiger partial charge in [-0.15, -0.1) is 11.3 Å². The van der Waals surface area contributed by atoms with Crippen LogP contribution in [0, 0.1) is 6.92 Å². The van der Waals surface area contributed by atoms with Crippen molar-refractivity contribution in [3.05, 3.63) is 40.8 Å². The molecule has 0 aliphatic heterocycles. The SMILES string of the molecule is C=C(C)CNC(=O)c1sc2cc(C)ccc2c1N. The van der Waals surface area contributed by atoms with Crippen molar-refractivity contribution in [2.24, 2.45) is 0 Å². The first-order valence-corrected chi connectivity index (χ1v) is 6.52. The van der Waals surface area contributed by atoms with Crippen molar-refractivity contribution in [2.45, 2.75) is 13.8 Å². The highest BCUT2D eigenvalue weighted by molar-refractivity contribution is 7.21. The summed E-state index contributed by atoms with van der Waals surface area (Å²) in [6.45, 7) is 8.13. The van der Waals surface area contributed by atoms with E-state index >= 15 is 0 Å². The molecule has 94 valence electrons. The number of fused-ring (bicyclic) bond motifs is 1. The van der Waals surface area contributed by atoms with E-state index in [1.807, 2.05) is 32.0 Å². The third-order valence-corrected chi connectivity index (χ3v) is 3.81. The summed E-state index contributed by atoms with van der Waals surface area (Å²) in [5.74, 6) is -0.130. The number of carbonyl (C=O) groups excluding carboxylic acids is 1. The Morgan fingerprint density at radius 2 is 2.22 bits per heavy atom. The number of hydrogen-bond donors (Lipinski definition) is 2. The van der Waals surface area contributed by atoms with Gasteiger partial charge in [-0.25, -0.2) is 0 Å². The molecule has 18 heavy (non-hydrogen) atoms. The minimum absolute atomic E-state index is 0.130. The Morgan fingerprint density at radius 1 is 1.50 bits per heavy atom. The summed E-state index contributed by atoms with van der Waals surface area (Å²) in [4.78, 5) is 12.6. The highest BCUT2D eigenvalue weighted by Gasteiger charge is 2.15. The van der Waals surface area contributed by atoms with Crippen LogP contribution >= 0.6 is 11.3 Å². The molecule has 3 N–H and O–H groups in total. The number of rotatable bonds is 3. The second-order valence-electron chi connectivity index (χ2n) is 4.48. The fourth-order valence-electron chi connectivity index (χ4n) is 1.70. The molecule has 1 aromatic carbocycles. The van der Waals surface area contributed by atoms with Crippen LogP contribution in [-0.2, 0) is 0 Å². The number of benzene rings is 1. The zero-order chi connectivity index (χ0) is 13.3. The van der Waals surface area contributed by atoms with Gasteiger partial charge in [0.2, 0.25) is 0 Å². The predicted octanol–water partition coefficient (Wildman–Crippen LogP) is 3.10. The van der Waals surface area contributed by atoms with Crippen molar-refractivity contribution in [1.29, 1.82) is 0 Å². The second kappa shape index (κ2) is 4.82. The van der Waals surface area contributed by atoms with Crippen molar-refractivity contribution < 1.29 is 4.79 Å². The lowest BCUT2D eigenvalue weighted by atomic mass is 10.1. The topological polar surface area (TPSA) is 55.1 Å². The number of aryl methyl sites for hydroxylation is 1. The molecule has 0 atom stereocenters. The molecule has 2 rings (SSSR count). The molecular weight excluding hydrogens is 244 g/mol. The van der Waals surface area contributed by atoms with Crippen molar-refractivity contribution >= 4 is 33.0 Å². The third-order valence-electron chi connectivity index (χ3n) is 2.64. The number of anilines is 1. The van der Waals surface area contributed by atoms with Crippen LogP contribution in [0.2, 0.25) is 0 Å². The van der Waals surface area contributed by atoms with Crippen LogP contribution in [0.15, 0.2) is 30.4 Å². The number of nitrogen functional groups attached to an aromatic ring is 1. The van der Waals surface area contributed by atoms with Gasteiger partial charge in [0.15, 0.2) is 0 Å². The lowest BCUT2D eigenvalue weighted by Crippen LogP contribution is -2.24. The Kier molecular flexibility index (Phi) is 3.39. The molecule has 0 aliphatic carbocycles. The quantitative estimate of drug-likeness (QED) is 0.833. The van der Waals surface area contributed by atoms with E-state index in [0.717, 1.165) is 21.2 Å². The van der Waals surface area contributed by atoms with Gasteiger partial charge < -0.3 is 11.1 Å². The normalized spacial score (nSPS) is 10.6. The number of amides is 1. The number of nitrogens with two attached hydrogens (primary N) is 1. The molecule has 4 heteroatoms. The van der Waals surface area contributed by atoms with Gasteiger partial charge in [-0.1, -0.05) is 24.3 Å². The van der Waals surface area contributed by atoms with Crippen LogP contribution in [0.5, 0.6) is 0 Å². The van der Waals surface area contributed by atoms with E-state index in [1.54, 1.807) is 0 Å². The van der Waals surface area contributed by atoms with E-state index < -0.39 is 0 Å². The molecule has 1 amide bonds. The Balaban J connectivity index is 2.36. The molecule has 0 fully saturated rings. The lowest BCUT2D eigenvalue weighted by Gasteiger charge is -2.03. The maximum absolute atomic E-state index is 12.0. The van der Waals surface area contributed by atoms with Gasteiger partial charge in [-0.3, -0.25) is 4.79 Å². The van der Waals surface area contributed by atoms with Crippen LogP contribution in [0.25, 0.3) is 10.1 Å². The van der Waals surface area contributed by atoms with E-state index in [9.17, 15) is 4.79 Å².